The molecule has 0 N–H and O–H groups in total. The Labute approximate surface area is 127 Å². The SMILES string of the molecule is C=CCN(CCCCCCCCCCCC)C(=C)C=C. The van der Waals surface area contributed by atoms with Gasteiger partial charge in [-0.15, -0.1) is 6.58 Å². The highest BCUT2D eigenvalue weighted by molar-refractivity contribution is 5.10. The second-order valence-electron chi connectivity index (χ2n) is 5.61. The van der Waals surface area contributed by atoms with Crippen LogP contribution in [0.15, 0.2) is 37.6 Å². The van der Waals surface area contributed by atoms with Crippen LogP contribution >= 0.6 is 0 Å². The first-order chi connectivity index (χ1) is 9.76. The van der Waals surface area contributed by atoms with E-state index < -0.39 is 0 Å². The van der Waals surface area contributed by atoms with Crippen LogP contribution in [0, 0.1) is 0 Å². The fraction of sp³-hybridized carbons (Fsp3) is 0.684. The standard InChI is InChI=1S/C19H35N/c1-5-8-9-10-11-12-13-14-15-16-18-20(17-6-2)19(4)7-3/h6-7H,2-5,8-18H2,1H3. The predicted molar refractivity (Wildman–Crippen MR) is 93.0 cm³/mol. The molecule has 0 aliphatic heterocycles. The molecule has 0 aliphatic carbocycles. The van der Waals surface area contributed by atoms with Crippen molar-refractivity contribution in [1.29, 1.82) is 0 Å². The molecule has 1 nitrogen and oxygen atoms in total. The summed E-state index contributed by atoms with van der Waals surface area (Å²) in [6, 6.07) is 0. The smallest absolute Gasteiger partial charge is 0.0356 e. The summed E-state index contributed by atoms with van der Waals surface area (Å²) in [5, 5.41) is 0. The molecule has 116 valence electrons. The van der Waals surface area contributed by atoms with Crippen molar-refractivity contribution in [3.05, 3.63) is 37.6 Å². The van der Waals surface area contributed by atoms with Crippen LogP contribution in [0.1, 0.15) is 71.1 Å². The summed E-state index contributed by atoms with van der Waals surface area (Å²) in [6.45, 7) is 15.8. The first kappa shape index (κ1) is 19.0. The molecule has 0 aromatic rings. The highest BCUT2D eigenvalue weighted by Crippen LogP contribution is 2.12. The molecule has 20 heavy (non-hydrogen) atoms. The van der Waals surface area contributed by atoms with Gasteiger partial charge in [0, 0.05) is 18.8 Å². The molecule has 0 amide bonds. The highest BCUT2D eigenvalue weighted by Gasteiger charge is 2.02. The minimum atomic E-state index is 0.877. The molecular formula is C19H35N. The van der Waals surface area contributed by atoms with E-state index >= 15 is 0 Å². The zero-order chi connectivity index (χ0) is 15.1. The molecule has 0 atom stereocenters. The molecule has 1 heteroatoms. The lowest BCUT2D eigenvalue weighted by Crippen LogP contribution is -2.22. The second-order valence-corrected chi connectivity index (χ2v) is 5.61. The summed E-state index contributed by atoms with van der Waals surface area (Å²) < 4.78 is 0. The molecule has 0 unspecified atom stereocenters. The van der Waals surface area contributed by atoms with Crippen molar-refractivity contribution >= 4 is 0 Å². The minimum Gasteiger partial charge on any atom is -0.368 e. The topological polar surface area (TPSA) is 3.24 Å². The molecule has 0 bridgehead atoms. The van der Waals surface area contributed by atoms with Crippen molar-refractivity contribution < 1.29 is 0 Å². The first-order valence-corrected chi connectivity index (χ1v) is 8.43. The Bertz CT molecular complexity index is 254. The van der Waals surface area contributed by atoms with E-state index in [0.717, 1.165) is 18.8 Å². The number of rotatable bonds is 15. The Hall–Kier alpha value is -0.980. The number of nitrogens with zero attached hydrogens (tertiary/aromatic N) is 1. The van der Waals surface area contributed by atoms with Gasteiger partial charge < -0.3 is 4.90 Å². The molecular weight excluding hydrogens is 242 g/mol. The quantitative estimate of drug-likeness (QED) is 0.199. The third kappa shape index (κ3) is 10.9. The zero-order valence-electron chi connectivity index (χ0n) is 13.7. The summed E-state index contributed by atoms with van der Waals surface area (Å²) in [5.74, 6) is 0. The van der Waals surface area contributed by atoms with Gasteiger partial charge in [0.2, 0.25) is 0 Å². The van der Waals surface area contributed by atoms with Gasteiger partial charge in [-0.05, 0) is 12.5 Å². The van der Waals surface area contributed by atoms with Crippen LogP contribution in [-0.4, -0.2) is 18.0 Å². The highest BCUT2D eigenvalue weighted by atomic mass is 15.1. The third-order valence-corrected chi connectivity index (χ3v) is 3.77. The number of hydrogen-bond acceptors (Lipinski definition) is 1. The summed E-state index contributed by atoms with van der Waals surface area (Å²) in [5.41, 5.74) is 1.01. The van der Waals surface area contributed by atoms with E-state index in [2.05, 4.69) is 31.6 Å². The van der Waals surface area contributed by atoms with Gasteiger partial charge in [0.1, 0.15) is 0 Å². The Balaban J connectivity index is 3.43. The normalized spacial score (nSPS) is 10.2. The molecule has 0 aliphatic rings. The molecule has 0 aromatic heterocycles. The summed E-state index contributed by atoms with van der Waals surface area (Å²) in [7, 11) is 0. The largest absolute Gasteiger partial charge is 0.368 e. The Morgan fingerprint density at radius 3 is 1.80 bits per heavy atom. The Morgan fingerprint density at radius 2 is 1.35 bits per heavy atom. The maximum Gasteiger partial charge on any atom is 0.0356 e. The monoisotopic (exact) mass is 277 g/mol. The van der Waals surface area contributed by atoms with Gasteiger partial charge in [-0.3, -0.25) is 0 Å². The molecule has 0 aromatic carbocycles. The fourth-order valence-corrected chi connectivity index (χ4v) is 2.43. The molecule has 0 rings (SSSR count). The predicted octanol–water partition coefficient (Wildman–Crippen LogP) is 6.10. The summed E-state index contributed by atoms with van der Waals surface area (Å²) >= 11 is 0. The molecule has 0 fully saturated rings. The van der Waals surface area contributed by atoms with Gasteiger partial charge in [0.15, 0.2) is 0 Å². The van der Waals surface area contributed by atoms with Crippen LogP contribution in [0.5, 0.6) is 0 Å². The van der Waals surface area contributed by atoms with Crippen LogP contribution in [0.3, 0.4) is 0 Å². The number of hydrogen-bond donors (Lipinski definition) is 0. The van der Waals surface area contributed by atoms with E-state index in [4.69, 9.17) is 0 Å². The van der Waals surface area contributed by atoms with E-state index in [-0.39, 0.29) is 0 Å². The molecule has 0 saturated carbocycles. The minimum absolute atomic E-state index is 0.877. The fourth-order valence-electron chi connectivity index (χ4n) is 2.43. The van der Waals surface area contributed by atoms with Gasteiger partial charge in [0.25, 0.3) is 0 Å². The van der Waals surface area contributed by atoms with Crippen molar-refractivity contribution in [2.24, 2.45) is 0 Å². The number of allylic oxidation sites excluding steroid dienone is 1. The van der Waals surface area contributed by atoms with Crippen molar-refractivity contribution in [2.45, 2.75) is 71.1 Å². The van der Waals surface area contributed by atoms with E-state index in [1.807, 2.05) is 12.2 Å². The lowest BCUT2D eigenvalue weighted by atomic mass is 10.1. The molecule has 0 radical (unpaired) electrons. The Kier molecular flexibility index (Phi) is 13.7. The average molecular weight is 277 g/mol. The van der Waals surface area contributed by atoms with Crippen LogP contribution in [0.4, 0.5) is 0 Å². The van der Waals surface area contributed by atoms with Crippen LogP contribution < -0.4 is 0 Å². The van der Waals surface area contributed by atoms with E-state index in [0.29, 0.717) is 0 Å². The number of unbranched alkanes of at least 4 members (excludes halogenated alkanes) is 9. The average Bonchev–Trinajstić information content (AvgIpc) is 2.47. The van der Waals surface area contributed by atoms with E-state index in [1.165, 1.54) is 64.2 Å². The van der Waals surface area contributed by atoms with E-state index in [9.17, 15) is 0 Å². The van der Waals surface area contributed by atoms with Gasteiger partial charge in [-0.25, -0.2) is 0 Å². The molecule has 0 heterocycles. The first-order valence-electron chi connectivity index (χ1n) is 8.43. The lowest BCUT2D eigenvalue weighted by Gasteiger charge is -2.23. The van der Waals surface area contributed by atoms with Gasteiger partial charge >= 0.3 is 0 Å². The third-order valence-electron chi connectivity index (χ3n) is 3.77. The molecule has 0 saturated heterocycles. The van der Waals surface area contributed by atoms with Crippen LogP contribution in [-0.2, 0) is 0 Å². The van der Waals surface area contributed by atoms with Crippen molar-refractivity contribution in [2.75, 3.05) is 13.1 Å². The maximum atomic E-state index is 4.02. The van der Waals surface area contributed by atoms with Crippen molar-refractivity contribution in [3.8, 4) is 0 Å². The van der Waals surface area contributed by atoms with Crippen molar-refractivity contribution in [3.63, 3.8) is 0 Å². The zero-order valence-corrected chi connectivity index (χ0v) is 13.7. The van der Waals surface area contributed by atoms with Gasteiger partial charge in [-0.2, -0.15) is 0 Å². The second kappa shape index (κ2) is 14.4. The maximum absolute atomic E-state index is 4.02. The Morgan fingerprint density at radius 1 is 0.850 bits per heavy atom. The van der Waals surface area contributed by atoms with Crippen LogP contribution in [0.25, 0.3) is 0 Å². The van der Waals surface area contributed by atoms with Crippen molar-refractivity contribution in [1.82, 2.24) is 4.90 Å². The summed E-state index contributed by atoms with van der Waals surface area (Å²) in [4.78, 5) is 2.25. The van der Waals surface area contributed by atoms with E-state index in [1.54, 1.807) is 0 Å². The van der Waals surface area contributed by atoms with Gasteiger partial charge in [0.05, 0.1) is 0 Å². The van der Waals surface area contributed by atoms with Crippen LogP contribution in [0.2, 0.25) is 0 Å². The molecule has 0 spiro atoms. The lowest BCUT2D eigenvalue weighted by molar-refractivity contribution is 0.376. The summed E-state index contributed by atoms with van der Waals surface area (Å²) in [6.07, 6.45) is 17.6. The van der Waals surface area contributed by atoms with Gasteiger partial charge in [-0.1, -0.05) is 83.9 Å².